The lowest BCUT2D eigenvalue weighted by molar-refractivity contribution is -0.152. The molecule has 0 saturated carbocycles. The first kappa shape index (κ1) is 12.3. The van der Waals surface area contributed by atoms with Crippen LogP contribution in [0.2, 0.25) is 0 Å². The van der Waals surface area contributed by atoms with Gasteiger partial charge >= 0.3 is 5.97 Å². The molecule has 0 aromatic rings. The summed E-state index contributed by atoms with van der Waals surface area (Å²) in [5, 5.41) is 11.6. The molecule has 0 aliphatic carbocycles. The number of carbonyl (C=O) groups excluding carboxylic acids is 1. The summed E-state index contributed by atoms with van der Waals surface area (Å²) in [6.45, 7) is 2.56. The number of carboxylic acid groups (broad SMARTS) is 1. The second-order valence-electron chi connectivity index (χ2n) is 4.51. The fourth-order valence-electron chi connectivity index (χ4n) is 2.21. The molecule has 2 rings (SSSR count). The van der Waals surface area contributed by atoms with Gasteiger partial charge in [-0.15, -0.1) is 0 Å². The first-order valence-electron chi connectivity index (χ1n) is 5.88. The number of nitrogens with one attached hydrogen (secondary N) is 1. The molecule has 2 heterocycles. The second-order valence-corrected chi connectivity index (χ2v) is 4.51. The zero-order chi connectivity index (χ0) is 12.4. The summed E-state index contributed by atoms with van der Waals surface area (Å²) in [5.41, 5.74) is 0. The minimum atomic E-state index is -1.00. The van der Waals surface area contributed by atoms with Crippen molar-refractivity contribution in [2.45, 2.75) is 50.5 Å². The number of aliphatic carboxylic acids is 1. The number of carbonyl (C=O) groups is 2. The molecule has 6 nitrogen and oxygen atoms in total. The molecule has 2 aliphatic rings. The summed E-state index contributed by atoms with van der Waals surface area (Å²) in [4.78, 5) is 22.5. The molecule has 17 heavy (non-hydrogen) atoms. The number of ether oxygens (including phenoxy) is 2. The molecule has 0 spiro atoms. The zero-order valence-corrected chi connectivity index (χ0v) is 9.72. The van der Waals surface area contributed by atoms with Crippen molar-refractivity contribution in [3.05, 3.63) is 0 Å². The average Bonchev–Trinajstić information content (AvgIpc) is 2.88. The Morgan fingerprint density at radius 1 is 1.24 bits per heavy atom. The Balaban J connectivity index is 1.83. The van der Waals surface area contributed by atoms with Crippen LogP contribution in [-0.2, 0) is 19.1 Å². The van der Waals surface area contributed by atoms with Gasteiger partial charge in [-0.05, 0) is 26.2 Å². The van der Waals surface area contributed by atoms with Crippen LogP contribution in [-0.4, -0.2) is 47.9 Å². The van der Waals surface area contributed by atoms with E-state index in [1.165, 1.54) is 0 Å². The van der Waals surface area contributed by atoms with Gasteiger partial charge in [0, 0.05) is 6.61 Å². The summed E-state index contributed by atoms with van der Waals surface area (Å²) >= 11 is 0. The summed E-state index contributed by atoms with van der Waals surface area (Å²) < 4.78 is 10.5. The SMILES string of the molecule is CC1OCCC1NC(=O)[C@@H]1CC[C@H](C(=O)O)O1. The molecular formula is C11H17NO5. The van der Waals surface area contributed by atoms with E-state index in [2.05, 4.69) is 5.32 Å². The normalized spacial score (nSPS) is 37.0. The van der Waals surface area contributed by atoms with Gasteiger partial charge in [0.25, 0.3) is 0 Å². The minimum Gasteiger partial charge on any atom is -0.479 e. The highest BCUT2D eigenvalue weighted by Gasteiger charge is 2.36. The molecule has 0 aromatic carbocycles. The molecule has 2 N–H and O–H groups in total. The third kappa shape index (κ3) is 2.76. The molecule has 2 unspecified atom stereocenters. The van der Waals surface area contributed by atoms with Crippen LogP contribution in [0.25, 0.3) is 0 Å². The van der Waals surface area contributed by atoms with Crippen LogP contribution in [0.5, 0.6) is 0 Å². The van der Waals surface area contributed by atoms with Gasteiger partial charge in [0.1, 0.15) is 6.10 Å². The van der Waals surface area contributed by atoms with E-state index >= 15 is 0 Å². The lowest BCUT2D eigenvalue weighted by Crippen LogP contribution is -2.44. The molecule has 6 heteroatoms. The van der Waals surface area contributed by atoms with Crippen LogP contribution in [0, 0.1) is 0 Å². The standard InChI is InChI=1S/C11H17NO5/c1-6-7(4-5-16-6)12-10(13)8-2-3-9(17-8)11(14)15/h6-9H,2-5H2,1H3,(H,12,13)(H,14,15)/t6?,7?,8-,9+/m0/s1. The van der Waals surface area contributed by atoms with Gasteiger partial charge in [0.15, 0.2) is 6.10 Å². The van der Waals surface area contributed by atoms with E-state index in [1.54, 1.807) is 0 Å². The van der Waals surface area contributed by atoms with Gasteiger partial charge in [0.05, 0.1) is 12.1 Å². The Morgan fingerprint density at radius 2 is 1.94 bits per heavy atom. The Morgan fingerprint density at radius 3 is 2.47 bits per heavy atom. The molecular weight excluding hydrogens is 226 g/mol. The van der Waals surface area contributed by atoms with Crippen molar-refractivity contribution in [3.8, 4) is 0 Å². The maximum atomic E-state index is 11.8. The highest BCUT2D eigenvalue weighted by atomic mass is 16.5. The zero-order valence-electron chi connectivity index (χ0n) is 9.72. The average molecular weight is 243 g/mol. The van der Waals surface area contributed by atoms with Gasteiger partial charge in [-0.3, -0.25) is 4.79 Å². The smallest absolute Gasteiger partial charge is 0.332 e. The molecule has 0 bridgehead atoms. The molecule has 2 saturated heterocycles. The van der Waals surface area contributed by atoms with Crippen LogP contribution < -0.4 is 5.32 Å². The highest BCUT2D eigenvalue weighted by molar-refractivity contribution is 5.82. The van der Waals surface area contributed by atoms with Crippen molar-refractivity contribution in [1.29, 1.82) is 0 Å². The largest absolute Gasteiger partial charge is 0.479 e. The van der Waals surface area contributed by atoms with Crippen LogP contribution in [0.1, 0.15) is 26.2 Å². The molecule has 0 aromatic heterocycles. The van der Waals surface area contributed by atoms with Gasteiger partial charge in [0.2, 0.25) is 5.91 Å². The van der Waals surface area contributed by atoms with E-state index in [0.29, 0.717) is 19.4 Å². The van der Waals surface area contributed by atoms with E-state index in [0.717, 1.165) is 6.42 Å². The lowest BCUT2D eigenvalue weighted by Gasteiger charge is -2.18. The van der Waals surface area contributed by atoms with Crippen molar-refractivity contribution in [1.82, 2.24) is 5.32 Å². The van der Waals surface area contributed by atoms with Crippen molar-refractivity contribution in [3.63, 3.8) is 0 Å². The van der Waals surface area contributed by atoms with Gasteiger partial charge in [-0.25, -0.2) is 4.79 Å². The maximum Gasteiger partial charge on any atom is 0.332 e. The Hall–Kier alpha value is -1.14. The molecule has 1 amide bonds. The Kier molecular flexibility index (Phi) is 3.63. The monoisotopic (exact) mass is 243 g/mol. The number of hydrogen-bond acceptors (Lipinski definition) is 4. The molecule has 2 fully saturated rings. The fraction of sp³-hybridized carbons (Fsp3) is 0.818. The number of hydrogen-bond donors (Lipinski definition) is 2. The van der Waals surface area contributed by atoms with Crippen LogP contribution in [0.15, 0.2) is 0 Å². The third-order valence-corrected chi connectivity index (χ3v) is 3.29. The fourth-order valence-corrected chi connectivity index (χ4v) is 2.21. The summed E-state index contributed by atoms with van der Waals surface area (Å²) in [5.74, 6) is -1.23. The third-order valence-electron chi connectivity index (χ3n) is 3.29. The van der Waals surface area contributed by atoms with E-state index in [1.807, 2.05) is 6.92 Å². The van der Waals surface area contributed by atoms with Gasteiger partial charge < -0.3 is 19.9 Å². The number of carboxylic acids is 1. The lowest BCUT2D eigenvalue weighted by atomic mass is 10.1. The van der Waals surface area contributed by atoms with E-state index in [9.17, 15) is 9.59 Å². The van der Waals surface area contributed by atoms with Gasteiger partial charge in [-0.1, -0.05) is 0 Å². The first-order chi connectivity index (χ1) is 8.08. The Bertz CT molecular complexity index is 319. The van der Waals surface area contributed by atoms with Crippen LogP contribution in [0.4, 0.5) is 0 Å². The maximum absolute atomic E-state index is 11.8. The van der Waals surface area contributed by atoms with Crippen LogP contribution >= 0.6 is 0 Å². The first-order valence-corrected chi connectivity index (χ1v) is 5.88. The van der Waals surface area contributed by atoms with Crippen molar-refractivity contribution >= 4 is 11.9 Å². The summed E-state index contributed by atoms with van der Waals surface area (Å²) in [7, 11) is 0. The van der Waals surface area contributed by atoms with E-state index < -0.39 is 18.2 Å². The van der Waals surface area contributed by atoms with Crippen molar-refractivity contribution in [2.24, 2.45) is 0 Å². The van der Waals surface area contributed by atoms with E-state index in [4.69, 9.17) is 14.6 Å². The van der Waals surface area contributed by atoms with Gasteiger partial charge in [-0.2, -0.15) is 0 Å². The van der Waals surface area contributed by atoms with Crippen molar-refractivity contribution < 1.29 is 24.2 Å². The van der Waals surface area contributed by atoms with E-state index in [-0.39, 0.29) is 18.1 Å². The predicted molar refractivity (Wildman–Crippen MR) is 57.5 cm³/mol. The minimum absolute atomic E-state index is 0.00924. The molecule has 2 aliphatic heterocycles. The summed E-state index contributed by atoms with van der Waals surface area (Å²) in [6, 6.07) is 0.00924. The van der Waals surface area contributed by atoms with Crippen molar-refractivity contribution in [2.75, 3.05) is 6.61 Å². The quantitative estimate of drug-likeness (QED) is 0.723. The molecule has 96 valence electrons. The molecule has 0 radical (unpaired) electrons. The number of amides is 1. The summed E-state index contributed by atoms with van der Waals surface area (Å²) in [6.07, 6.45) is 0.180. The number of rotatable bonds is 3. The topological polar surface area (TPSA) is 84.9 Å². The molecule has 4 atom stereocenters. The van der Waals surface area contributed by atoms with Crippen LogP contribution in [0.3, 0.4) is 0 Å². The Labute approximate surface area is 99.3 Å². The second kappa shape index (κ2) is 5.01. The highest BCUT2D eigenvalue weighted by Crippen LogP contribution is 2.21. The predicted octanol–water partition coefficient (Wildman–Crippen LogP) is -0.0878.